The van der Waals surface area contributed by atoms with Gasteiger partial charge in [-0.25, -0.2) is 0 Å². The third kappa shape index (κ3) is 2.64. The number of nitrogens with one attached hydrogen (secondary N) is 1. The van der Waals surface area contributed by atoms with Crippen LogP contribution in [-0.4, -0.2) is 48.0 Å². The lowest BCUT2D eigenvalue weighted by atomic mass is 10.1. The van der Waals surface area contributed by atoms with Crippen LogP contribution in [0.2, 0.25) is 0 Å². The Morgan fingerprint density at radius 1 is 1.64 bits per heavy atom. The van der Waals surface area contributed by atoms with E-state index in [1.54, 1.807) is 0 Å². The Balaban J connectivity index is 1.79. The summed E-state index contributed by atoms with van der Waals surface area (Å²) in [6.07, 6.45) is 2.62. The van der Waals surface area contributed by atoms with E-state index in [0.717, 1.165) is 12.3 Å². The summed E-state index contributed by atoms with van der Waals surface area (Å²) in [4.78, 5) is 6.95. The fraction of sp³-hybridized carbons (Fsp3) is 0.900. The molecule has 2 aliphatic rings. The molecule has 0 bridgehead atoms. The van der Waals surface area contributed by atoms with Crippen molar-refractivity contribution < 1.29 is 0 Å². The summed E-state index contributed by atoms with van der Waals surface area (Å²) < 4.78 is 0. The Labute approximate surface area is 90.3 Å². The highest BCUT2D eigenvalue weighted by atomic mass is 32.2. The molecule has 4 heteroatoms. The Morgan fingerprint density at radius 2 is 2.57 bits per heavy atom. The molecule has 0 aromatic carbocycles. The smallest absolute Gasteiger partial charge is 0.156 e. The molecule has 0 saturated carbocycles. The van der Waals surface area contributed by atoms with Gasteiger partial charge in [0.1, 0.15) is 0 Å². The van der Waals surface area contributed by atoms with Crippen LogP contribution < -0.4 is 5.32 Å². The van der Waals surface area contributed by atoms with Crippen LogP contribution in [0, 0.1) is 0 Å². The number of hydrogen-bond acceptors (Lipinski definition) is 4. The fourth-order valence-corrected chi connectivity index (χ4v) is 2.87. The van der Waals surface area contributed by atoms with Gasteiger partial charge in [0.15, 0.2) is 5.17 Å². The van der Waals surface area contributed by atoms with Gasteiger partial charge >= 0.3 is 0 Å². The highest BCUT2D eigenvalue weighted by molar-refractivity contribution is 8.14. The molecule has 1 saturated heterocycles. The summed E-state index contributed by atoms with van der Waals surface area (Å²) in [6.45, 7) is 6.88. The number of aliphatic imine (C=N–C) groups is 1. The van der Waals surface area contributed by atoms with Gasteiger partial charge < -0.3 is 10.2 Å². The zero-order valence-corrected chi connectivity index (χ0v) is 9.65. The molecule has 1 fully saturated rings. The topological polar surface area (TPSA) is 27.6 Å². The minimum atomic E-state index is 0.632. The second-order valence-corrected chi connectivity index (χ2v) is 5.00. The number of piperidine rings is 1. The zero-order valence-electron chi connectivity index (χ0n) is 8.83. The number of amidine groups is 1. The van der Waals surface area contributed by atoms with Crippen molar-refractivity contribution in [2.75, 3.05) is 31.9 Å². The lowest BCUT2D eigenvalue weighted by molar-refractivity contribution is 0.210. The Hall–Kier alpha value is -0.220. The first-order valence-electron chi connectivity index (χ1n) is 5.54. The van der Waals surface area contributed by atoms with Gasteiger partial charge in [0.25, 0.3) is 0 Å². The van der Waals surface area contributed by atoms with Gasteiger partial charge in [-0.3, -0.25) is 4.99 Å². The molecule has 2 aliphatic heterocycles. The van der Waals surface area contributed by atoms with Crippen LogP contribution >= 0.6 is 11.8 Å². The predicted octanol–water partition coefficient (Wildman–Crippen LogP) is 1.16. The van der Waals surface area contributed by atoms with E-state index in [1.165, 1.54) is 37.6 Å². The molecule has 0 amide bonds. The summed E-state index contributed by atoms with van der Waals surface area (Å²) in [5.74, 6) is 1.16. The van der Waals surface area contributed by atoms with Crippen LogP contribution in [0.5, 0.6) is 0 Å². The van der Waals surface area contributed by atoms with Crippen LogP contribution in [0.3, 0.4) is 0 Å². The molecular weight excluding hydrogens is 194 g/mol. The molecule has 1 atom stereocenters. The van der Waals surface area contributed by atoms with Gasteiger partial charge in [0.05, 0.1) is 6.54 Å². The second-order valence-electron chi connectivity index (χ2n) is 3.91. The lowest BCUT2D eigenvalue weighted by Gasteiger charge is -2.32. The summed E-state index contributed by atoms with van der Waals surface area (Å²) in [7, 11) is 0. The molecule has 0 spiro atoms. The zero-order chi connectivity index (χ0) is 9.80. The number of likely N-dealkylation sites (N-methyl/N-ethyl adjacent to an activating group) is 1. The van der Waals surface area contributed by atoms with Crippen LogP contribution in [0.1, 0.15) is 19.8 Å². The summed E-state index contributed by atoms with van der Waals surface area (Å²) >= 11 is 1.87. The monoisotopic (exact) mass is 213 g/mol. The quantitative estimate of drug-likeness (QED) is 0.746. The maximum atomic E-state index is 4.43. The van der Waals surface area contributed by atoms with Crippen LogP contribution in [0.15, 0.2) is 4.99 Å². The first-order valence-corrected chi connectivity index (χ1v) is 6.53. The summed E-state index contributed by atoms with van der Waals surface area (Å²) in [5, 5.41) is 4.73. The van der Waals surface area contributed by atoms with Gasteiger partial charge in [-0.05, 0) is 25.9 Å². The average molecular weight is 213 g/mol. The molecule has 1 unspecified atom stereocenters. The van der Waals surface area contributed by atoms with Crippen molar-refractivity contribution in [1.82, 2.24) is 10.2 Å². The van der Waals surface area contributed by atoms with Gasteiger partial charge in [-0.2, -0.15) is 0 Å². The van der Waals surface area contributed by atoms with Crippen molar-refractivity contribution in [3.8, 4) is 0 Å². The first-order chi connectivity index (χ1) is 6.88. The number of nitrogens with zero attached hydrogens (tertiary/aromatic N) is 2. The van der Waals surface area contributed by atoms with Gasteiger partial charge in [0.2, 0.25) is 0 Å². The summed E-state index contributed by atoms with van der Waals surface area (Å²) in [5.41, 5.74) is 0. The van der Waals surface area contributed by atoms with Gasteiger partial charge in [-0.1, -0.05) is 18.7 Å². The van der Waals surface area contributed by atoms with Crippen LogP contribution in [0.25, 0.3) is 0 Å². The standard InChI is InChI=1S/C10H19N3S/c1-2-13-6-3-4-9(8-13)12-10-11-5-7-14-10/h9H,2-8H2,1H3,(H,11,12). The van der Waals surface area contributed by atoms with E-state index in [0.29, 0.717) is 6.04 Å². The lowest BCUT2D eigenvalue weighted by Crippen LogP contribution is -2.46. The summed E-state index contributed by atoms with van der Waals surface area (Å²) in [6, 6.07) is 0.632. The highest BCUT2D eigenvalue weighted by Gasteiger charge is 2.20. The molecule has 0 aromatic rings. The van der Waals surface area contributed by atoms with Crippen molar-refractivity contribution >= 4 is 16.9 Å². The minimum Gasteiger partial charge on any atom is -0.361 e. The van der Waals surface area contributed by atoms with Crippen molar-refractivity contribution in [3.63, 3.8) is 0 Å². The molecular formula is C10H19N3S. The predicted molar refractivity (Wildman–Crippen MR) is 63.0 cm³/mol. The Kier molecular flexibility index (Phi) is 3.70. The molecule has 0 aromatic heterocycles. The van der Waals surface area contributed by atoms with Crippen molar-refractivity contribution in [2.45, 2.75) is 25.8 Å². The Morgan fingerprint density at radius 3 is 3.29 bits per heavy atom. The number of hydrogen-bond donors (Lipinski definition) is 1. The third-order valence-electron chi connectivity index (χ3n) is 2.87. The third-order valence-corrected chi connectivity index (χ3v) is 3.77. The highest BCUT2D eigenvalue weighted by Crippen LogP contribution is 2.14. The van der Waals surface area contributed by atoms with Crippen molar-refractivity contribution in [2.24, 2.45) is 4.99 Å². The molecule has 2 heterocycles. The maximum Gasteiger partial charge on any atom is 0.156 e. The maximum absolute atomic E-state index is 4.43. The largest absolute Gasteiger partial charge is 0.361 e. The van der Waals surface area contributed by atoms with E-state index in [-0.39, 0.29) is 0 Å². The fourth-order valence-electron chi connectivity index (χ4n) is 2.06. The number of rotatable bonds is 2. The van der Waals surface area contributed by atoms with E-state index in [9.17, 15) is 0 Å². The van der Waals surface area contributed by atoms with E-state index in [1.807, 2.05) is 11.8 Å². The van der Waals surface area contributed by atoms with E-state index in [2.05, 4.69) is 22.1 Å². The second kappa shape index (κ2) is 5.03. The van der Waals surface area contributed by atoms with Gasteiger partial charge in [-0.15, -0.1) is 0 Å². The normalized spacial score (nSPS) is 28.9. The SMILES string of the molecule is CCN1CCCC(NC2=NCCS2)C1. The molecule has 2 rings (SSSR count). The molecule has 80 valence electrons. The molecule has 0 aliphatic carbocycles. The molecule has 1 N–H and O–H groups in total. The Bertz CT molecular complexity index is 217. The van der Waals surface area contributed by atoms with Crippen LogP contribution in [0.4, 0.5) is 0 Å². The van der Waals surface area contributed by atoms with Crippen LogP contribution in [-0.2, 0) is 0 Å². The van der Waals surface area contributed by atoms with Crippen molar-refractivity contribution in [1.29, 1.82) is 0 Å². The van der Waals surface area contributed by atoms with E-state index >= 15 is 0 Å². The van der Waals surface area contributed by atoms with E-state index in [4.69, 9.17) is 0 Å². The molecule has 14 heavy (non-hydrogen) atoms. The van der Waals surface area contributed by atoms with Gasteiger partial charge in [0, 0.05) is 18.3 Å². The van der Waals surface area contributed by atoms with E-state index < -0.39 is 0 Å². The first kappa shape index (κ1) is 10.3. The number of thioether (sulfide) groups is 1. The number of likely N-dealkylation sites (tertiary alicyclic amines) is 1. The average Bonchev–Trinajstić information content (AvgIpc) is 2.71. The van der Waals surface area contributed by atoms with Crippen molar-refractivity contribution in [3.05, 3.63) is 0 Å². The molecule has 0 radical (unpaired) electrons. The minimum absolute atomic E-state index is 0.632. The molecule has 3 nitrogen and oxygen atoms in total.